The van der Waals surface area contributed by atoms with Gasteiger partial charge in [-0.2, -0.15) is 0 Å². The highest BCUT2D eigenvalue weighted by atomic mass is 16.6. The lowest BCUT2D eigenvalue weighted by Gasteiger charge is -2.18. The van der Waals surface area contributed by atoms with Gasteiger partial charge in [0, 0.05) is 12.8 Å². The normalized spacial score (nSPS) is 12.6. The molecule has 0 aliphatic rings. The van der Waals surface area contributed by atoms with Crippen LogP contribution in [0.2, 0.25) is 0 Å². The van der Waals surface area contributed by atoms with Gasteiger partial charge in [0.1, 0.15) is 6.61 Å². The Hall–Kier alpha value is -2.40. The Balaban J connectivity index is 3.92. The van der Waals surface area contributed by atoms with Crippen molar-refractivity contribution in [3.63, 3.8) is 0 Å². The molecular weight excluding hydrogens is 584 g/mol. The van der Waals surface area contributed by atoms with Crippen molar-refractivity contribution < 1.29 is 23.8 Å². The van der Waals surface area contributed by atoms with Crippen LogP contribution in [0.5, 0.6) is 0 Å². The highest BCUT2D eigenvalue weighted by molar-refractivity contribution is 5.70. The lowest BCUT2D eigenvalue weighted by molar-refractivity contribution is -0.162. The maximum Gasteiger partial charge on any atom is 0.306 e. The quantitative estimate of drug-likeness (QED) is 0.0386. The van der Waals surface area contributed by atoms with Crippen LogP contribution in [0.3, 0.4) is 0 Å². The summed E-state index contributed by atoms with van der Waals surface area (Å²) < 4.78 is 16.5. The molecular formula is C42H72O5. The molecule has 0 spiro atoms. The third kappa shape index (κ3) is 36.3. The maximum absolute atomic E-state index is 12.4. The van der Waals surface area contributed by atoms with Gasteiger partial charge < -0.3 is 14.2 Å². The minimum atomic E-state index is -0.589. The topological polar surface area (TPSA) is 61.8 Å². The van der Waals surface area contributed by atoms with Crippen molar-refractivity contribution in [2.45, 2.75) is 174 Å². The van der Waals surface area contributed by atoms with Crippen LogP contribution in [0.15, 0.2) is 61.3 Å². The van der Waals surface area contributed by atoms with Crippen LogP contribution < -0.4 is 0 Å². The third-order valence-electron chi connectivity index (χ3n) is 7.93. The number of allylic oxidation sites excluding steroid dienone is 8. The summed E-state index contributed by atoms with van der Waals surface area (Å²) in [5, 5.41) is 0. The van der Waals surface area contributed by atoms with Gasteiger partial charge in [-0.1, -0.05) is 133 Å². The monoisotopic (exact) mass is 657 g/mol. The summed E-state index contributed by atoms with van der Waals surface area (Å²) in [5.74, 6) is -0.498. The molecule has 0 saturated heterocycles. The summed E-state index contributed by atoms with van der Waals surface area (Å²) in [5.41, 5.74) is 0. The Labute approximate surface area is 290 Å². The smallest absolute Gasteiger partial charge is 0.306 e. The van der Waals surface area contributed by atoms with E-state index in [1.165, 1.54) is 77.0 Å². The molecule has 0 aromatic heterocycles. The van der Waals surface area contributed by atoms with Crippen LogP contribution in [0.25, 0.3) is 0 Å². The third-order valence-corrected chi connectivity index (χ3v) is 7.93. The lowest BCUT2D eigenvalue weighted by atomic mass is 10.1. The minimum absolute atomic E-state index is 0.0319. The maximum atomic E-state index is 12.4. The average molecular weight is 657 g/mol. The van der Waals surface area contributed by atoms with E-state index in [-0.39, 0.29) is 25.2 Å². The van der Waals surface area contributed by atoms with Gasteiger partial charge in [-0.05, 0) is 77.0 Å². The molecule has 0 N–H and O–H groups in total. The summed E-state index contributed by atoms with van der Waals surface area (Å²) in [4.78, 5) is 24.7. The van der Waals surface area contributed by atoms with Crippen LogP contribution in [0.1, 0.15) is 168 Å². The molecule has 0 fully saturated rings. The summed E-state index contributed by atoms with van der Waals surface area (Å²) >= 11 is 0. The molecule has 0 aromatic rings. The van der Waals surface area contributed by atoms with Crippen molar-refractivity contribution >= 4 is 11.9 Å². The van der Waals surface area contributed by atoms with E-state index in [4.69, 9.17) is 14.2 Å². The first kappa shape index (κ1) is 44.6. The van der Waals surface area contributed by atoms with Gasteiger partial charge >= 0.3 is 11.9 Å². The van der Waals surface area contributed by atoms with Crippen LogP contribution in [0, 0.1) is 0 Å². The summed E-state index contributed by atoms with van der Waals surface area (Å²) in [6.45, 7) is 8.72. The van der Waals surface area contributed by atoms with Gasteiger partial charge in [-0.3, -0.25) is 9.59 Å². The Morgan fingerprint density at radius 2 is 0.957 bits per heavy atom. The molecule has 5 nitrogen and oxygen atoms in total. The van der Waals surface area contributed by atoms with Crippen molar-refractivity contribution in [1.82, 2.24) is 0 Å². The van der Waals surface area contributed by atoms with Gasteiger partial charge in [0.15, 0.2) is 6.10 Å². The minimum Gasteiger partial charge on any atom is -0.462 e. The lowest BCUT2D eigenvalue weighted by Crippen LogP contribution is -2.29. The van der Waals surface area contributed by atoms with E-state index in [1.807, 2.05) is 0 Å². The fourth-order valence-corrected chi connectivity index (χ4v) is 5.06. The van der Waals surface area contributed by atoms with Crippen molar-refractivity contribution in [1.29, 1.82) is 0 Å². The standard InChI is InChI=1S/C42H72O5/c1-4-7-9-11-13-15-17-19-21-23-25-27-29-31-33-35-41(43)46-39-40(38-45-37-6-3)47-42(44)36-34-32-30-28-26-24-22-20-18-16-14-12-10-8-5-2/h6,13-16,19-22,40H,3-5,7-12,17-18,23-39H2,1-2H3/b15-13-,16-14-,21-19-,22-20-. The van der Waals surface area contributed by atoms with Gasteiger partial charge in [0.2, 0.25) is 0 Å². The Morgan fingerprint density at radius 3 is 1.43 bits per heavy atom. The van der Waals surface area contributed by atoms with E-state index in [9.17, 15) is 9.59 Å². The number of esters is 2. The van der Waals surface area contributed by atoms with Gasteiger partial charge in [-0.15, -0.1) is 6.58 Å². The molecule has 0 bridgehead atoms. The first-order chi connectivity index (χ1) is 23.1. The molecule has 270 valence electrons. The summed E-state index contributed by atoms with van der Waals surface area (Å²) in [6, 6.07) is 0. The zero-order valence-corrected chi connectivity index (χ0v) is 30.6. The first-order valence-corrected chi connectivity index (χ1v) is 19.3. The highest BCUT2D eigenvalue weighted by Crippen LogP contribution is 2.11. The van der Waals surface area contributed by atoms with E-state index in [0.29, 0.717) is 19.4 Å². The van der Waals surface area contributed by atoms with Gasteiger partial charge in [-0.25, -0.2) is 0 Å². The van der Waals surface area contributed by atoms with Crippen LogP contribution >= 0.6 is 0 Å². The highest BCUT2D eigenvalue weighted by Gasteiger charge is 2.17. The average Bonchev–Trinajstić information content (AvgIpc) is 3.07. The second-order valence-electron chi connectivity index (χ2n) is 12.6. The Bertz CT molecular complexity index is 825. The van der Waals surface area contributed by atoms with E-state index < -0.39 is 6.10 Å². The number of hydrogen-bond acceptors (Lipinski definition) is 5. The molecule has 0 saturated carbocycles. The molecule has 0 aromatic carbocycles. The molecule has 0 aliphatic carbocycles. The molecule has 1 unspecified atom stereocenters. The van der Waals surface area contributed by atoms with E-state index in [1.54, 1.807) is 6.08 Å². The number of unbranched alkanes of at least 4 members (excludes halogenated alkanes) is 16. The SMILES string of the molecule is C=CCOCC(COC(=O)CCCCCCC/C=C\C/C=C\CCCCC)OC(=O)CCCCCCC/C=C\C/C=C\CCCCC. The van der Waals surface area contributed by atoms with E-state index in [2.05, 4.69) is 69.0 Å². The second kappa shape index (κ2) is 38.1. The predicted molar refractivity (Wildman–Crippen MR) is 201 cm³/mol. The van der Waals surface area contributed by atoms with Crippen LogP contribution in [0.4, 0.5) is 0 Å². The molecule has 0 amide bonds. The molecule has 0 radical (unpaired) electrons. The zero-order valence-electron chi connectivity index (χ0n) is 30.6. The van der Waals surface area contributed by atoms with Crippen molar-refractivity contribution in [3.05, 3.63) is 61.3 Å². The number of ether oxygens (including phenoxy) is 3. The van der Waals surface area contributed by atoms with Gasteiger partial charge in [0.25, 0.3) is 0 Å². The van der Waals surface area contributed by atoms with E-state index in [0.717, 1.165) is 64.2 Å². The van der Waals surface area contributed by atoms with E-state index >= 15 is 0 Å². The number of hydrogen-bond donors (Lipinski definition) is 0. The summed E-state index contributed by atoms with van der Waals surface area (Å²) in [7, 11) is 0. The largest absolute Gasteiger partial charge is 0.462 e. The van der Waals surface area contributed by atoms with Gasteiger partial charge in [0.05, 0.1) is 13.2 Å². The van der Waals surface area contributed by atoms with Crippen LogP contribution in [-0.2, 0) is 23.8 Å². The Kier molecular flexibility index (Phi) is 36.1. The van der Waals surface area contributed by atoms with Crippen molar-refractivity contribution in [2.75, 3.05) is 19.8 Å². The molecule has 0 heterocycles. The number of carbonyl (C=O) groups excluding carboxylic acids is 2. The Morgan fingerprint density at radius 1 is 0.532 bits per heavy atom. The predicted octanol–water partition coefficient (Wildman–Crippen LogP) is 12.3. The molecule has 1 atom stereocenters. The molecule has 47 heavy (non-hydrogen) atoms. The molecule has 0 rings (SSSR count). The molecule has 5 heteroatoms. The molecule has 0 aliphatic heterocycles. The number of rotatable bonds is 35. The fourth-order valence-electron chi connectivity index (χ4n) is 5.06. The summed E-state index contributed by atoms with van der Waals surface area (Å²) in [6.07, 6.45) is 45.2. The van der Waals surface area contributed by atoms with Crippen molar-refractivity contribution in [3.8, 4) is 0 Å². The zero-order chi connectivity index (χ0) is 34.3. The first-order valence-electron chi connectivity index (χ1n) is 19.3. The fraction of sp³-hybridized carbons (Fsp3) is 0.714. The van der Waals surface area contributed by atoms with Crippen molar-refractivity contribution in [2.24, 2.45) is 0 Å². The number of carbonyl (C=O) groups is 2. The second-order valence-corrected chi connectivity index (χ2v) is 12.6. The van der Waals surface area contributed by atoms with Crippen LogP contribution in [-0.4, -0.2) is 37.9 Å².